The summed E-state index contributed by atoms with van der Waals surface area (Å²) >= 11 is 6.31. The molecule has 1 aromatic rings. The minimum absolute atomic E-state index is 0.210. The Kier molecular flexibility index (Phi) is 7.25. The standard InChI is InChI=1S/C20H29ClN4O3/c1-3-18(26)25-8-6-15(13-25)24-20(22-4-2)23-7-5-14-11-16(21)19-17(12-14)27-9-10-28-19/h11-12,15H,3-10,13H2,1-2H3,(H2,22,23,24). The van der Waals surface area contributed by atoms with Gasteiger partial charge in [-0.3, -0.25) is 9.79 Å². The minimum atomic E-state index is 0.210. The van der Waals surface area contributed by atoms with E-state index in [1.54, 1.807) is 0 Å². The summed E-state index contributed by atoms with van der Waals surface area (Å²) in [6, 6.07) is 4.12. The number of nitrogens with one attached hydrogen (secondary N) is 2. The van der Waals surface area contributed by atoms with Gasteiger partial charge < -0.3 is 25.0 Å². The van der Waals surface area contributed by atoms with Crippen LogP contribution >= 0.6 is 11.6 Å². The molecule has 2 heterocycles. The molecule has 1 fully saturated rings. The number of halogens is 1. The lowest BCUT2D eigenvalue weighted by molar-refractivity contribution is -0.129. The number of benzene rings is 1. The molecule has 28 heavy (non-hydrogen) atoms. The Labute approximate surface area is 171 Å². The Morgan fingerprint density at radius 2 is 2.14 bits per heavy atom. The van der Waals surface area contributed by atoms with Crippen molar-refractivity contribution in [1.82, 2.24) is 15.5 Å². The largest absolute Gasteiger partial charge is 0.486 e. The van der Waals surface area contributed by atoms with E-state index < -0.39 is 0 Å². The summed E-state index contributed by atoms with van der Waals surface area (Å²) in [6.45, 7) is 7.95. The van der Waals surface area contributed by atoms with Gasteiger partial charge in [0.2, 0.25) is 5.91 Å². The van der Waals surface area contributed by atoms with Gasteiger partial charge in [0, 0.05) is 38.6 Å². The van der Waals surface area contributed by atoms with Crippen LogP contribution in [0, 0.1) is 0 Å². The molecule has 0 spiro atoms. The Morgan fingerprint density at radius 1 is 1.32 bits per heavy atom. The van der Waals surface area contributed by atoms with Crippen LogP contribution in [-0.4, -0.2) is 62.2 Å². The molecule has 2 N–H and O–H groups in total. The topological polar surface area (TPSA) is 75.2 Å². The molecular formula is C20H29ClN4O3. The van der Waals surface area contributed by atoms with Crippen molar-refractivity contribution in [2.24, 2.45) is 4.99 Å². The fraction of sp³-hybridized carbons (Fsp3) is 0.600. The summed E-state index contributed by atoms with van der Waals surface area (Å²) in [5.41, 5.74) is 1.06. The van der Waals surface area contributed by atoms with Crippen molar-refractivity contribution in [2.45, 2.75) is 39.2 Å². The lowest BCUT2D eigenvalue weighted by atomic mass is 10.1. The van der Waals surface area contributed by atoms with Gasteiger partial charge in [-0.1, -0.05) is 18.5 Å². The van der Waals surface area contributed by atoms with Crippen molar-refractivity contribution in [3.8, 4) is 11.5 Å². The van der Waals surface area contributed by atoms with Crippen LogP contribution in [0.15, 0.2) is 17.1 Å². The summed E-state index contributed by atoms with van der Waals surface area (Å²) in [5, 5.41) is 7.30. The van der Waals surface area contributed by atoms with Crippen LogP contribution in [-0.2, 0) is 11.2 Å². The van der Waals surface area contributed by atoms with E-state index in [9.17, 15) is 4.79 Å². The van der Waals surface area contributed by atoms with Gasteiger partial charge in [0.25, 0.3) is 0 Å². The van der Waals surface area contributed by atoms with Crippen molar-refractivity contribution in [3.63, 3.8) is 0 Å². The summed E-state index contributed by atoms with van der Waals surface area (Å²) in [5.74, 6) is 2.32. The van der Waals surface area contributed by atoms with Crippen LogP contribution in [0.1, 0.15) is 32.3 Å². The SMILES string of the molecule is CCNC(=NCCc1cc(Cl)c2c(c1)OCCO2)NC1CCN(C(=O)CC)C1. The van der Waals surface area contributed by atoms with Gasteiger partial charge >= 0.3 is 0 Å². The number of guanidine groups is 1. The van der Waals surface area contributed by atoms with E-state index in [0.717, 1.165) is 44.0 Å². The van der Waals surface area contributed by atoms with Gasteiger partial charge in [-0.2, -0.15) is 0 Å². The molecule has 1 atom stereocenters. The number of carbonyl (C=O) groups excluding carboxylic acids is 1. The van der Waals surface area contributed by atoms with Crippen LogP contribution in [0.25, 0.3) is 0 Å². The molecular weight excluding hydrogens is 380 g/mol. The maximum Gasteiger partial charge on any atom is 0.222 e. The second-order valence-electron chi connectivity index (χ2n) is 6.94. The van der Waals surface area contributed by atoms with Crippen molar-refractivity contribution in [3.05, 3.63) is 22.7 Å². The normalized spacial score (nSPS) is 18.9. The first-order valence-electron chi connectivity index (χ1n) is 10.0. The number of amides is 1. The Balaban J connectivity index is 1.56. The van der Waals surface area contributed by atoms with E-state index in [1.165, 1.54) is 0 Å². The third kappa shape index (κ3) is 5.22. The lowest BCUT2D eigenvalue weighted by Gasteiger charge is -2.20. The van der Waals surface area contributed by atoms with Gasteiger partial charge in [0.05, 0.1) is 5.02 Å². The third-order valence-corrected chi connectivity index (χ3v) is 5.14. The molecule has 2 aliphatic heterocycles. The maximum absolute atomic E-state index is 11.9. The molecule has 154 valence electrons. The first kappa shape index (κ1) is 20.6. The average Bonchev–Trinajstić information content (AvgIpc) is 3.16. The maximum atomic E-state index is 11.9. The van der Waals surface area contributed by atoms with E-state index in [2.05, 4.69) is 15.6 Å². The van der Waals surface area contributed by atoms with E-state index in [0.29, 0.717) is 42.7 Å². The van der Waals surface area contributed by atoms with Gasteiger partial charge in [0.1, 0.15) is 13.2 Å². The summed E-state index contributed by atoms with van der Waals surface area (Å²) in [4.78, 5) is 18.4. The quantitative estimate of drug-likeness (QED) is 0.557. The molecule has 0 bridgehead atoms. The average molecular weight is 409 g/mol. The molecule has 0 aliphatic carbocycles. The second-order valence-corrected chi connectivity index (χ2v) is 7.34. The van der Waals surface area contributed by atoms with Crippen LogP contribution in [0.3, 0.4) is 0 Å². The zero-order valence-electron chi connectivity index (χ0n) is 16.6. The first-order chi connectivity index (χ1) is 13.6. The molecule has 0 aromatic heterocycles. The van der Waals surface area contributed by atoms with Crippen LogP contribution in [0.5, 0.6) is 11.5 Å². The summed E-state index contributed by atoms with van der Waals surface area (Å²) in [7, 11) is 0. The molecule has 8 heteroatoms. The number of ether oxygens (including phenoxy) is 2. The third-order valence-electron chi connectivity index (χ3n) is 4.86. The highest BCUT2D eigenvalue weighted by molar-refractivity contribution is 6.32. The highest BCUT2D eigenvalue weighted by Crippen LogP contribution is 2.38. The molecule has 1 saturated heterocycles. The fourth-order valence-electron chi connectivity index (χ4n) is 3.45. The number of fused-ring (bicyclic) bond motifs is 1. The van der Waals surface area contributed by atoms with Crippen LogP contribution < -0.4 is 20.1 Å². The number of likely N-dealkylation sites (tertiary alicyclic amines) is 1. The highest BCUT2D eigenvalue weighted by atomic mass is 35.5. The zero-order valence-corrected chi connectivity index (χ0v) is 17.3. The Bertz CT molecular complexity index is 726. The number of nitrogens with zero attached hydrogens (tertiary/aromatic N) is 2. The predicted octanol–water partition coefficient (Wildman–Crippen LogP) is 2.22. The van der Waals surface area contributed by atoms with E-state index >= 15 is 0 Å². The predicted molar refractivity (Wildman–Crippen MR) is 111 cm³/mol. The first-order valence-corrected chi connectivity index (χ1v) is 10.4. The molecule has 7 nitrogen and oxygen atoms in total. The van der Waals surface area contributed by atoms with Crippen molar-refractivity contribution >= 4 is 23.5 Å². The highest BCUT2D eigenvalue weighted by Gasteiger charge is 2.25. The Morgan fingerprint density at radius 3 is 2.93 bits per heavy atom. The van der Waals surface area contributed by atoms with E-state index in [-0.39, 0.29) is 11.9 Å². The number of hydrogen-bond donors (Lipinski definition) is 2. The molecule has 1 amide bonds. The fourth-order valence-corrected chi connectivity index (χ4v) is 3.73. The molecule has 3 rings (SSSR count). The second kappa shape index (κ2) is 9.87. The smallest absolute Gasteiger partial charge is 0.222 e. The summed E-state index contributed by atoms with van der Waals surface area (Å²) < 4.78 is 11.2. The number of carbonyl (C=O) groups is 1. The molecule has 1 unspecified atom stereocenters. The van der Waals surface area contributed by atoms with Gasteiger partial charge in [-0.05, 0) is 37.5 Å². The minimum Gasteiger partial charge on any atom is -0.486 e. The van der Waals surface area contributed by atoms with Crippen molar-refractivity contribution in [2.75, 3.05) is 39.4 Å². The monoisotopic (exact) mass is 408 g/mol. The number of rotatable bonds is 6. The number of hydrogen-bond acceptors (Lipinski definition) is 4. The van der Waals surface area contributed by atoms with E-state index in [4.69, 9.17) is 21.1 Å². The van der Waals surface area contributed by atoms with Gasteiger partial charge in [-0.15, -0.1) is 0 Å². The summed E-state index contributed by atoms with van der Waals surface area (Å²) in [6.07, 6.45) is 2.24. The number of aliphatic imine (C=N–C) groups is 1. The molecule has 0 saturated carbocycles. The van der Waals surface area contributed by atoms with Crippen molar-refractivity contribution < 1.29 is 14.3 Å². The van der Waals surface area contributed by atoms with Crippen LogP contribution in [0.2, 0.25) is 5.02 Å². The van der Waals surface area contributed by atoms with Gasteiger partial charge in [-0.25, -0.2) is 0 Å². The molecule has 2 aliphatic rings. The van der Waals surface area contributed by atoms with Gasteiger partial charge in [0.15, 0.2) is 17.5 Å². The van der Waals surface area contributed by atoms with Crippen molar-refractivity contribution in [1.29, 1.82) is 0 Å². The lowest BCUT2D eigenvalue weighted by Crippen LogP contribution is -2.45. The Hall–Kier alpha value is -2.15. The zero-order chi connectivity index (χ0) is 19.9. The van der Waals surface area contributed by atoms with E-state index in [1.807, 2.05) is 30.9 Å². The molecule has 1 aromatic carbocycles. The van der Waals surface area contributed by atoms with Crippen LogP contribution in [0.4, 0.5) is 0 Å². The molecule has 0 radical (unpaired) electrons.